The van der Waals surface area contributed by atoms with Gasteiger partial charge in [0.2, 0.25) is 0 Å². The Bertz CT molecular complexity index is 1090. The predicted molar refractivity (Wildman–Crippen MR) is 98.2 cm³/mol. The molecule has 4 rings (SSSR count). The first-order valence-electron chi connectivity index (χ1n) is 9.30. The van der Waals surface area contributed by atoms with Crippen molar-refractivity contribution >= 4 is 11.0 Å². The zero-order valence-electron chi connectivity index (χ0n) is 15.8. The predicted octanol–water partition coefficient (Wildman–Crippen LogP) is 4.85. The van der Waals surface area contributed by atoms with Gasteiger partial charge in [-0.25, -0.2) is 13.8 Å². The highest BCUT2D eigenvalue weighted by Crippen LogP contribution is 2.41. The summed E-state index contributed by atoms with van der Waals surface area (Å²) < 4.78 is 67.8. The highest BCUT2D eigenvalue weighted by atomic mass is 19.4. The van der Waals surface area contributed by atoms with Crippen molar-refractivity contribution in [2.45, 2.75) is 50.4 Å². The summed E-state index contributed by atoms with van der Waals surface area (Å²) >= 11 is 0. The minimum atomic E-state index is -4.60. The van der Waals surface area contributed by atoms with Crippen LogP contribution in [-0.4, -0.2) is 37.0 Å². The number of benzene rings is 1. The maximum Gasteiger partial charge on any atom is 0.416 e. The van der Waals surface area contributed by atoms with Crippen LogP contribution in [0.5, 0.6) is 5.75 Å². The van der Waals surface area contributed by atoms with Crippen molar-refractivity contribution < 1.29 is 32.2 Å². The fourth-order valence-corrected chi connectivity index (χ4v) is 3.91. The average molecular weight is 427 g/mol. The number of rotatable bonds is 2. The molecule has 3 aromatic rings. The van der Waals surface area contributed by atoms with Crippen LogP contribution in [0.2, 0.25) is 0 Å². The first kappa shape index (κ1) is 20.5. The summed E-state index contributed by atoms with van der Waals surface area (Å²) in [6, 6.07) is 3.74. The SMILES string of the molecule is Cc1cc(C(F)(F)F)cc(O)c1-c1ccc2cn([C@@H]3CCCC(F)(F)[C@H]3O)nc2n1. The molecule has 0 amide bonds. The first-order valence-corrected chi connectivity index (χ1v) is 9.30. The number of halogens is 5. The van der Waals surface area contributed by atoms with Crippen LogP contribution in [-0.2, 0) is 6.18 Å². The lowest BCUT2D eigenvalue weighted by Gasteiger charge is -2.34. The van der Waals surface area contributed by atoms with Crippen LogP contribution in [0.25, 0.3) is 22.3 Å². The first-order chi connectivity index (χ1) is 14.0. The van der Waals surface area contributed by atoms with Gasteiger partial charge >= 0.3 is 6.18 Å². The monoisotopic (exact) mass is 427 g/mol. The number of aromatic hydroxyl groups is 1. The van der Waals surface area contributed by atoms with Gasteiger partial charge in [-0.15, -0.1) is 0 Å². The maximum absolute atomic E-state index is 13.9. The number of aromatic nitrogens is 3. The third-order valence-corrected chi connectivity index (χ3v) is 5.43. The topological polar surface area (TPSA) is 71.2 Å². The largest absolute Gasteiger partial charge is 0.507 e. The Kier molecular flexibility index (Phi) is 4.72. The van der Waals surface area contributed by atoms with Crippen LogP contribution >= 0.6 is 0 Å². The number of hydrogen-bond donors (Lipinski definition) is 2. The minimum absolute atomic E-state index is 0.128. The molecule has 1 aromatic carbocycles. The van der Waals surface area contributed by atoms with Crippen molar-refractivity contribution in [2.24, 2.45) is 0 Å². The Morgan fingerprint density at radius 1 is 1.20 bits per heavy atom. The zero-order chi connectivity index (χ0) is 21.8. The van der Waals surface area contributed by atoms with Crippen LogP contribution in [0, 0.1) is 6.92 Å². The molecule has 2 atom stereocenters. The molecule has 2 heterocycles. The number of aliphatic hydroxyl groups is 1. The van der Waals surface area contributed by atoms with Crippen molar-refractivity contribution in [2.75, 3.05) is 0 Å². The Labute approximate surface area is 167 Å². The molecular formula is C20H18F5N3O2. The third-order valence-electron chi connectivity index (χ3n) is 5.43. The van der Waals surface area contributed by atoms with Gasteiger partial charge < -0.3 is 10.2 Å². The summed E-state index contributed by atoms with van der Waals surface area (Å²) in [5.41, 5.74) is -0.295. The Balaban J connectivity index is 1.74. The van der Waals surface area contributed by atoms with Crippen LogP contribution in [0.4, 0.5) is 22.0 Å². The normalized spacial score (nSPS) is 21.8. The van der Waals surface area contributed by atoms with Gasteiger partial charge in [-0.1, -0.05) is 0 Å². The smallest absolute Gasteiger partial charge is 0.416 e. The van der Waals surface area contributed by atoms with Gasteiger partial charge in [0.05, 0.1) is 17.3 Å². The number of aryl methyl sites for hydroxylation is 1. The molecule has 1 fully saturated rings. The van der Waals surface area contributed by atoms with Crippen LogP contribution < -0.4 is 0 Å². The van der Waals surface area contributed by atoms with Crippen LogP contribution in [0.3, 0.4) is 0 Å². The van der Waals surface area contributed by atoms with E-state index >= 15 is 0 Å². The number of hydrogen-bond acceptors (Lipinski definition) is 4. The van der Waals surface area contributed by atoms with E-state index < -0.39 is 35.6 Å². The van der Waals surface area contributed by atoms with E-state index in [-0.39, 0.29) is 35.3 Å². The van der Waals surface area contributed by atoms with Crippen molar-refractivity contribution in [3.63, 3.8) is 0 Å². The minimum Gasteiger partial charge on any atom is -0.507 e. The maximum atomic E-state index is 13.9. The number of phenolic OH excluding ortho intramolecular Hbond substituents is 1. The van der Waals surface area contributed by atoms with E-state index in [0.29, 0.717) is 17.9 Å². The molecule has 0 spiro atoms. The van der Waals surface area contributed by atoms with E-state index in [0.717, 1.165) is 6.07 Å². The standard InChI is InChI=1S/C20H18F5N3O2/c1-10-7-12(20(23,24)25)8-15(29)16(10)13-5-4-11-9-28(27-18(11)26-13)14-3-2-6-19(21,22)17(14)30/h4-5,7-9,14,17,29-30H,2-3,6H2,1H3/t14-,17+/m1/s1. The summed E-state index contributed by atoms with van der Waals surface area (Å²) in [4.78, 5) is 4.29. The summed E-state index contributed by atoms with van der Waals surface area (Å²) in [6.07, 6.45) is -4.79. The summed E-state index contributed by atoms with van der Waals surface area (Å²) in [6.45, 7) is 1.43. The summed E-state index contributed by atoms with van der Waals surface area (Å²) in [5.74, 6) is -3.78. The van der Waals surface area contributed by atoms with Crippen molar-refractivity contribution in [3.05, 3.63) is 41.6 Å². The summed E-state index contributed by atoms with van der Waals surface area (Å²) in [7, 11) is 0. The fourth-order valence-electron chi connectivity index (χ4n) is 3.91. The van der Waals surface area contributed by atoms with Crippen LogP contribution in [0.1, 0.15) is 36.4 Å². The molecule has 0 unspecified atom stereocenters. The van der Waals surface area contributed by atoms with Gasteiger partial charge in [-0.05, 0) is 49.6 Å². The van der Waals surface area contributed by atoms with E-state index in [4.69, 9.17) is 0 Å². The van der Waals surface area contributed by atoms with Crippen molar-refractivity contribution in [1.82, 2.24) is 14.8 Å². The van der Waals surface area contributed by atoms with Crippen LogP contribution in [0.15, 0.2) is 30.5 Å². The fraction of sp³-hybridized carbons (Fsp3) is 0.400. The Hall–Kier alpha value is -2.75. The molecule has 1 aliphatic carbocycles. The lowest BCUT2D eigenvalue weighted by Crippen LogP contribution is -2.44. The molecule has 10 heteroatoms. The second-order valence-corrected chi connectivity index (χ2v) is 7.57. The number of nitrogens with zero attached hydrogens (tertiary/aromatic N) is 3. The van der Waals surface area contributed by atoms with Crippen molar-refractivity contribution in [1.29, 1.82) is 0 Å². The molecule has 2 N–H and O–H groups in total. The molecule has 30 heavy (non-hydrogen) atoms. The van der Waals surface area contributed by atoms with Gasteiger partial charge in [0.15, 0.2) is 5.65 Å². The van der Waals surface area contributed by atoms with Gasteiger partial charge in [-0.2, -0.15) is 18.3 Å². The number of alkyl halides is 5. The molecular weight excluding hydrogens is 409 g/mol. The van der Waals surface area contributed by atoms with Crippen molar-refractivity contribution in [3.8, 4) is 17.0 Å². The molecule has 2 aromatic heterocycles. The molecule has 0 saturated heterocycles. The van der Waals surface area contributed by atoms with Gasteiger partial charge in [-0.3, -0.25) is 4.68 Å². The number of fused-ring (bicyclic) bond motifs is 1. The number of phenols is 1. The highest BCUT2D eigenvalue weighted by molar-refractivity contribution is 5.80. The molecule has 5 nitrogen and oxygen atoms in total. The van der Waals surface area contributed by atoms with E-state index in [2.05, 4.69) is 10.1 Å². The Morgan fingerprint density at radius 3 is 2.60 bits per heavy atom. The van der Waals surface area contributed by atoms with Gasteiger partial charge in [0.1, 0.15) is 11.9 Å². The second kappa shape index (κ2) is 6.90. The molecule has 160 valence electrons. The van der Waals surface area contributed by atoms with E-state index in [1.54, 1.807) is 6.07 Å². The van der Waals surface area contributed by atoms with E-state index in [1.165, 1.54) is 23.9 Å². The Morgan fingerprint density at radius 2 is 1.93 bits per heavy atom. The van der Waals surface area contributed by atoms with E-state index in [9.17, 15) is 32.2 Å². The number of pyridine rings is 1. The number of aliphatic hydroxyl groups excluding tert-OH is 1. The molecule has 0 aliphatic heterocycles. The quantitative estimate of drug-likeness (QED) is 0.574. The lowest BCUT2D eigenvalue weighted by atomic mass is 9.89. The second-order valence-electron chi connectivity index (χ2n) is 7.57. The summed E-state index contributed by atoms with van der Waals surface area (Å²) in [5, 5.41) is 24.9. The van der Waals surface area contributed by atoms with Gasteiger partial charge in [0, 0.05) is 23.6 Å². The zero-order valence-corrected chi connectivity index (χ0v) is 15.8. The van der Waals surface area contributed by atoms with E-state index in [1.807, 2.05) is 0 Å². The third kappa shape index (κ3) is 3.49. The lowest BCUT2D eigenvalue weighted by molar-refractivity contribution is -0.152. The average Bonchev–Trinajstić information content (AvgIpc) is 3.05. The molecule has 0 bridgehead atoms. The molecule has 1 saturated carbocycles. The molecule has 0 radical (unpaired) electrons. The highest BCUT2D eigenvalue weighted by Gasteiger charge is 2.47. The van der Waals surface area contributed by atoms with Gasteiger partial charge in [0.25, 0.3) is 5.92 Å². The molecule has 1 aliphatic rings.